The Balaban J connectivity index is 1.67. The molecule has 2 heterocycles. The predicted octanol–water partition coefficient (Wildman–Crippen LogP) is 1.88. The fourth-order valence-corrected chi connectivity index (χ4v) is 3.09. The number of nitrogens with one attached hydrogen (secondary N) is 1. The summed E-state index contributed by atoms with van der Waals surface area (Å²) < 4.78 is 0. The van der Waals surface area contributed by atoms with Gasteiger partial charge in [0.15, 0.2) is 0 Å². The molecule has 2 rings (SSSR count). The van der Waals surface area contributed by atoms with Gasteiger partial charge in [-0.3, -0.25) is 0 Å². The largest absolute Gasteiger partial charge is 0.311 e. The summed E-state index contributed by atoms with van der Waals surface area (Å²) in [7, 11) is 2.22. The van der Waals surface area contributed by atoms with Gasteiger partial charge >= 0.3 is 0 Å². The van der Waals surface area contributed by atoms with Gasteiger partial charge in [-0.1, -0.05) is 0 Å². The van der Waals surface area contributed by atoms with Crippen molar-refractivity contribution in [3.63, 3.8) is 0 Å². The summed E-state index contributed by atoms with van der Waals surface area (Å²) in [6.45, 7) is 6.69. The molecule has 0 amide bonds. The highest BCUT2D eigenvalue weighted by molar-refractivity contribution is 7.11. The van der Waals surface area contributed by atoms with Crippen LogP contribution in [0.5, 0.6) is 0 Å². The molecule has 0 radical (unpaired) electrons. The monoisotopic (exact) mass is 239 g/mol. The average Bonchev–Trinajstić information content (AvgIpc) is 2.64. The SMILES string of the molecule is Cc1ncc(CNCC2CCCN(C)C2)s1. The number of nitrogens with zero attached hydrogens (tertiary/aromatic N) is 2. The molecule has 16 heavy (non-hydrogen) atoms. The van der Waals surface area contributed by atoms with Gasteiger partial charge < -0.3 is 10.2 Å². The number of rotatable bonds is 4. The third-order valence-electron chi connectivity index (χ3n) is 3.12. The predicted molar refractivity (Wildman–Crippen MR) is 68.8 cm³/mol. The summed E-state index contributed by atoms with van der Waals surface area (Å²) >= 11 is 1.79. The highest BCUT2D eigenvalue weighted by Crippen LogP contribution is 2.15. The van der Waals surface area contributed by atoms with E-state index in [0.717, 1.165) is 24.0 Å². The van der Waals surface area contributed by atoms with E-state index in [2.05, 4.69) is 29.2 Å². The van der Waals surface area contributed by atoms with E-state index < -0.39 is 0 Å². The molecule has 1 aromatic rings. The zero-order valence-electron chi connectivity index (χ0n) is 10.2. The second-order valence-electron chi connectivity index (χ2n) is 4.75. The molecule has 0 saturated carbocycles. The molecular weight excluding hydrogens is 218 g/mol. The zero-order valence-corrected chi connectivity index (χ0v) is 11.0. The Kier molecular flexibility index (Phi) is 4.32. The summed E-state index contributed by atoms with van der Waals surface area (Å²) in [5.74, 6) is 0.827. The van der Waals surface area contributed by atoms with Crippen LogP contribution in [0.2, 0.25) is 0 Å². The number of piperidine rings is 1. The summed E-state index contributed by atoms with van der Waals surface area (Å²) in [6, 6.07) is 0. The van der Waals surface area contributed by atoms with Crippen molar-refractivity contribution in [2.75, 3.05) is 26.7 Å². The smallest absolute Gasteiger partial charge is 0.0897 e. The number of thiazole rings is 1. The van der Waals surface area contributed by atoms with Crippen molar-refractivity contribution < 1.29 is 0 Å². The molecule has 1 N–H and O–H groups in total. The van der Waals surface area contributed by atoms with Crippen LogP contribution in [0.4, 0.5) is 0 Å². The number of hydrogen-bond donors (Lipinski definition) is 1. The molecule has 1 fully saturated rings. The van der Waals surface area contributed by atoms with Gasteiger partial charge in [0.25, 0.3) is 0 Å². The second kappa shape index (κ2) is 5.75. The van der Waals surface area contributed by atoms with Gasteiger partial charge in [-0.05, 0) is 45.8 Å². The van der Waals surface area contributed by atoms with Crippen molar-refractivity contribution in [1.29, 1.82) is 0 Å². The first-order chi connectivity index (χ1) is 7.74. The summed E-state index contributed by atoms with van der Waals surface area (Å²) in [5.41, 5.74) is 0. The van der Waals surface area contributed by atoms with Crippen LogP contribution in [0.3, 0.4) is 0 Å². The lowest BCUT2D eigenvalue weighted by atomic mass is 9.98. The molecule has 90 valence electrons. The van der Waals surface area contributed by atoms with E-state index >= 15 is 0 Å². The van der Waals surface area contributed by atoms with Crippen LogP contribution in [0.1, 0.15) is 22.7 Å². The Hall–Kier alpha value is -0.450. The number of hydrogen-bond acceptors (Lipinski definition) is 4. The third kappa shape index (κ3) is 3.54. The molecular formula is C12H21N3S. The molecule has 1 aliphatic heterocycles. The van der Waals surface area contributed by atoms with Crippen molar-refractivity contribution >= 4 is 11.3 Å². The van der Waals surface area contributed by atoms with Gasteiger partial charge in [0.2, 0.25) is 0 Å². The van der Waals surface area contributed by atoms with Crippen LogP contribution in [-0.2, 0) is 6.54 Å². The van der Waals surface area contributed by atoms with Crippen LogP contribution >= 0.6 is 11.3 Å². The minimum absolute atomic E-state index is 0.827. The first kappa shape index (κ1) is 12.0. The maximum Gasteiger partial charge on any atom is 0.0897 e. The van der Waals surface area contributed by atoms with E-state index in [9.17, 15) is 0 Å². The molecule has 0 spiro atoms. The minimum atomic E-state index is 0.827. The lowest BCUT2D eigenvalue weighted by Gasteiger charge is -2.29. The second-order valence-corrected chi connectivity index (χ2v) is 6.07. The van der Waals surface area contributed by atoms with Crippen molar-refractivity contribution in [1.82, 2.24) is 15.2 Å². The lowest BCUT2D eigenvalue weighted by Crippen LogP contribution is -2.37. The molecule has 0 aliphatic carbocycles. The Morgan fingerprint density at radius 1 is 1.62 bits per heavy atom. The van der Waals surface area contributed by atoms with Crippen molar-refractivity contribution in [3.8, 4) is 0 Å². The van der Waals surface area contributed by atoms with Gasteiger partial charge in [-0.2, -0.15) is 0 Å². The van der Waals surface area contributed by atoms with Gasteiger partial charge in [-0.25, -0.2) is 4.98 Å². The lowest BCUT2D eigenvalue weighted by molar-refractivity contribution is 0.206. The van der Waals surface area contributed by atoms with Gasteiger partial charge in [0.05, 0.1) is 5.01 Å². The molecule has 0 bridgehead atoms. The van der Waals surface area contributed by atoms with Gasteiger partial charge in [-0.15, -0.1) is 11.3 Å². The van der Waals surface area contributed by atoms with Crippen LogP contribution < -0.4 is 5.32 Å². The first-order valence-electron chi connectivity index (χ1n) is 6.04. The normalized spacial score (nSPS) is 22.5. The Labute approximate surface area is 102 Å². The molecule has 1 saturated heterocycles. The fraction of sp³-hybridized carbons (Fsp3) is 0.750. The maximum atomic E-state index is 4.26. The standard InChI is InChI=1S/C12H21N3S/c1-10-14-8-12(16-10)7-13-6-11-4-3-5-15(2)9-11/h8,11,13H,3-7,9H2,1-2H3. The molecule has 1 aliphatic rings. The molecule has 1 aromatic heterocycles. The van der Waals surface area contributed by atoms with Gasteiger partial charge in [0, 0.05) is 24.2 Å². The van der Waals surface area contributed by atoms with E-state index in [0.29, 0.717) is 0 Å². The highest BCUT2D eigenvalue weighted by Gasteiger charge is 2.16. The molecule has 3 nitrogen and oxygen atoms in total. The average molecular weight is 239 g/mol. The number of aromatic nitrogens is 1. The van der Waals surface area contributed by atoms with Crippen LogP contribution in [0, 0.1) is 12.8 Å². The summed E-state index contributed by atoms with van der Waals surface area (Å²) in [6.07, 6.45) is 4.71. The summed E-state index contributed by atoms with van der Waals surface area (Å²) in [5, 5.41) is 4.71. The third-order valence-corrected chi connectivity index (χ3v) is 4.04. The Morgan fingerprint density at radius 2 is 2.50 bits per heavy atom. The maximum absolute atomic E-state index is 4.26. The first-order valence-corrected chi connectivity index (χ1v) is 6.86. The topological polar surface area (TPSA) is 28.2 Å². The fourth-order valence-electron chi connectivity index (χ4n) is 2.33. The van der Waals surface area contributed by atoms with E-state index in [1.165, 1.54) is 30.8 Å². The molecule has 1 unspecified atom stereocenters. The van der Waals surface area contributed by atoms with Crippen LogP contribution in [-0.4, -0.2) is 36.6 Å². The van der Waals surface area contributed by atoms with E-state index in [1.807, 2.05) is 6.20 Å². The molecule has 4 heteroatoms. The van der Waals surface area contributed by atoms with Crippen molar-refractivity contribution in [2.24, 2.45) is 5.92 Å². The minimum Gasteiger partial charge on any atom is -0.311 e. The van der Waals surface area contributed by atoms with E-state index in [-0.39, 0.29) is 0 Å². The summed E-state index contributed by atoms with van der Waals surface area (Å²) in [4.78, 5) is 8.05. The molecule has 0 aromatic carbocycles. The number of likely N-dealkylation sites (tertiary alicyclic amines) is 1. The van der Waals surface area contributed by atoms with Crippen LogP contribution in [0.15, 0.2) is 6.20 Å². The highest BCUT2D eigenvalue weighted by atomic mass is 32.1. The zero-order chi connectivity index (χ0) is 11.4. The van der Waals surface area contributed by atoms with Gasteiger partial charge in [0.1, 0.15) is 0 Å². The van der Waals surface area contributed by atoms with Crippen molar-refractivity contribution in [2.45, 2.75) is 26.3 Å². The Morgan fingerprint density at radius 3 is 3.19 bits per heavy atom. The van der Waals surface area contributed by atoms with E-state index in [1.54, 1.807) is 11.3 Å². The van der Waals surface area contributed by atoms with E-state index in [4.69, 9.17) is 0 Å². The number of aryl methyl sites for hydroxylation is 1. The quantitative estimate of drug-likeness (QED) is 0.869. The molecule has 1 atom stereocenters. The van der Waals surface area contributed by atoms with Crippen LogP contribution in [0.25, 0.3) is 0 Å². The Bertz CT molecular complexity index is 324. The van der Waals surface area contributed by atoms with Crippen molar-refractivity contribution in [3.05, 3.63) is 16.1 Å².